The van der Waals surface area contributed by atoms with Crippen LogP contribution < -0.4 is 0 Å². The Morgan fingerprint density at radius 2 is 2.17 bits per heavy atom. The van der Waals surface area contributed by atoms with Gasteiger partial charge in [-0.2, -0.15) is 0 Å². The van der Waals surface area contributed by atoms with Crippen molar-refractivity contribution in [2.75, 3.05) is 0 Å². The van der Waals surface area contributed by atoms with Crippen LogP contribution in [0.5, 0.6) is 0 Å². The highest BCUT2D eigenvalue weighted by Gasteiger charge is 2.51. The first-order valence-corrected chi connectivity index (χ1v) is 4.62. The molecule has 12 heavy (non-hydrogen) atoms. The number of aliphatic hydroxyl groups excluding tert-OH is 1. The van der Waals surface area contributed by atoms with E-state index in [-0.39, 0.29) is 18.1 Å². The Kier molecular flexibility index (Phi) is 1.76. The SMILES string of the molecule is CC1[C@@H]2C=C[C@@H](O2)[C@](C)(Cl)[C@@H]1O. The highest BCUT2D eigenvalue weighted by Crippen LogP contribution is 2.42. The van der Waals surface area contributed by atoms with Crippen molar-refractivity contribution in [1.82, 2.24) is 0 Å². The average Bonchev–Trinajstić information content (AvgIpc) is 2.46. The lowest BCUT2D eigenvalue weighted by molar-refractivity contribution is -0.104. The predicted molar refractivity (Wildman–Crippen MR) is 47.2 cm³/mol. The molecule has 0 amide bonds. The van der Waals surface area contributed by atoms with E-state index in [2.05, 4.69) is 0 Å². The maximum absolute atomic E-state index is 9.83. The lowest BCUT2D eigenvalue weighted by atomic mass is 9.85. The molecule has 0 saturated carbocycles. The number of hydrogen-bond acceptors (Lipinski definition) is 2. The summed E-state index contributed by atoms with van der Waals surface area (Å²) in [5, 5.41) is 9.83. The second-order valence-electron chi connectivity index (χ2n) is 3.86. The van der Waals surface area contributed by atoms with E-state index in [9.17, 15) is 5.11 Å². The lowest BCUT2D eigenvalue weighted by Gasteiger charge is -2.42. The fourth-order valence-corrected chi connectivity index (χ4v) is 2.28. The van der Waals surface area contributed by atoms with Gasteiger partial charge in [-0.15, -0.1) is 11.6 Å². The van der Waals surface area contributed by atoms with Gasteiger partial charge in [0.05, 0.1) is 23.2 Å². The molecule has 3 heteroatoms. The van der Waals surface area contributed by atoms with Crippen molar-refractivity contribution in [2.45, 2.75) is 37.0 Å². The molecule has 0 aromatic heterocycles. The van der Waals surface area contributed by atoms with Crippen LogP contribution in [-0.4, -0.2) is 28.3 Å². The van der Waals surface area contributed by atoms with Crippen molar-refractivity contribution in [3.63, 3.8) is 0 Å². The maximum atomic E-state index is 9.83. The zero-order valence-corrected chi connectivity index (χ0v) is 7.95. The van der Waals surface area contributed by atoms with E-state index in [4.69, 9.17) is 16.3 Å². The van der Waals surface area contributed by atoms with E-state index in [1.54, 1.807) is 0 Å². The highest BCUT2D eigenvalue weighted by molar-refractivity contribution is 6.24. The summed E-state index contributed by atoms with van der Waals surface area (Å²) >= 11 is 6.18. The van der Waals surface area contributed by atoms with Gasteiger partial charge in [0.1, 0.15) is 0 Å². The summed E-state index contributed by atoms with van der Waals surface area (Å²) in [6, 6.07) is 0. The lowest BCUT2D eigenvalue weighted by Crippen LogP contribution is -2.54. The van der Waals surface area contributed by atoms with Crippen LogP contribution in [0.2, 0.25) is 0 Å². The zero-order chi connectivity index (χ0) is 8.93. The second kappa shape index (κ2) is 2.47. The van der Waals surface area contributed by atoms with Gasteiger partial charge in [0.15, 0.2) is 0 Å². The number of ether oxygens (including phenoxy) is 1. The first kappa shape index (κ1) is 8.54. The molecule has 0 radical (unpaired) electrons. The second-order valence-corrected chi connectivity index (χ2v) is 4.68. The van der Waals surface area contributed by atoms with E-state index in [0.717, 1.165) is 0 Å². The quantitative estimate of drug-likeness (QED) is 0.459. The van der Waals surface area contributed by atoms with Gasteiger partial charge in [0.2, 0.25) is 0 Å². The number of fused-ring (bicyclic) bond motifs is 2. The molecule has 68 valence electrons. The minimum absolute atomic E-state index is 0.0526. The zero-order valence-electron chi connectivity index (χ0n) is 7.20. The monoisotopic (exact) mass is 188 g/mol. The molecule has 2 rings (SSSR count). The topological polar surface area (TPSA) is 29.5 Å². The molecule has 2 aliphatic rings. The Morgan fingerprint density at radius 3 is 2.83 bits per heavy atom. The summed E-state index contributed by atoms with van der Waals surface area (Å²) in [5.74, 6) is 0.0856. The Bertz CT molecular complexity index is 225. The minimum atomic E-state index is -0.664. The van der Waals surface area contributed by atoms with Gasteiger partial charge in [-0.05, 0) is 6.92 Å². The van der Waals surface area contributed by atoms with E-state index in [0.29, 0.717) is 0 Å². The number of hydrogen-bond donors (Lipinski definition) is 1. The van der Waals surface area contributed by atoms with Crippen LogP contribution in [0.25, 0.3) is 0 Å². The van der Waals surface area contributed by atoms with Gasteiger partial charge >= 0.3 is 0 Å². The van der Waals surface area contributed by atoms with Crippen LogP contribution in [0, 0.1) is 5.92 Å². The van der Waals surface area contributed by atoms with Crippen LogP contribution in [0.15, 0.2) is 12.2 Å². The van der Waals surface area contributed by atoms with Crippen molar-refractivity contribution in [3.05, 3.63) is 12.2 Å². The first-order chi connectivity index (χ1) is 5.53. The summed E-state index contributed by atoms with van der Waals surface area (Å²) in [6.45, 7) is 3.79. The molecule has 1 fully saturated rings. The smallest absolute Gasteiger partial charge is 0.0979 e. The standard InChI is InChI=1S/C9H13ClO2/c1-5-6-3-4-7(12-6)9(2,10)8(5)11/h3-8,11H,1-2H3/t5?,6-,7+,8+,9-/m0/s1. The van der Waals surface area contributed by atoms with Gasteiger partial charge < -0.3 is 9.84 Å². The van der Waals surface area contributed by atoms with E-state index in [1.165, 1.54) is 0 Å². The van der Waals surface area contributed by atoms with Crippen LogP contribution in [0.4, 0.5) is 0 Å². The molecule has 2 bridgehead atoms. The summed E-state index contributed by atoms with van der Waals surface area (Å²) in [7, 11) is 0. The minimum Gasteiger partial charge on any atom is -0.391 e. The largest absolute Gasteiger partial charge is 0.391 e. The van der Waals surface area contributed by atoms with Gasteiger partial charge in [-0.25, -0.2) is 0 Å². The molecular formula is C9H13ClO2. The van der Waals surface area contributed by atoms with Gasteiger partial charge in [-0.1, -0.05) is 19.1 Å². The molecule has 0 aromatic carbocycles. The molecule has 5 atom stereocenters. The Morgan fingerprint density at radius 1 is 1.50 bits per heavy atom. The summed E-state index contributed by atoms with van der Waals surface area (Å²) in [4.78, 5) is -0.664. The normalized spacial score (nSPS) is 57.7. The Labute approximate surface area is 77.2 Å². The van der Waals surface area contributed by atoms with Crippen molar-refractivity contribution < 1.29 is 9.84 Å². The summed E-state index contributed by atoms with van der Waals surface area (Å²) in [6.07, 6.45) is 3.38. The Hall–Kier alpha value is -0.0500. The van der Waals surface area contributed by atoms with E-state index in [1.807, 2.05) is 26.0 Å². The molecule has 2 aliphatic heterocycles. The van der Waals surface area contributed by atoms with Crippen LogP contribution in [0.3, 0.4) is 0 Å². The highest BCUT2D eigenvalue weighted by atomic mass is 35.5. The first-order valence-electron chi connectivity index (χ1n) is 4.24. The molecule has 0 spiro atoms. The number of halogens is 1. The fourth-order valence-electron chi connectivity index (χ4n) is 1.95. The molecule has 0 aliphatic carbocycles. The molecular weight excluding hydrogens is 176 g/mol. The number of alkyl halides is 1. The van der Waals surface area contributed by atoms with Crippen LogP contribution in [-0.2, 0) is 4.74 Å². The van der Waals surface area contributed by atoms with Gasteiger partial charge in [0, 0.05) is 5.92 Å². The fraction of sp³-hybridized carbons (Fsp3) is 0.778. The van der Waals surface area contributed by atoms with E-state index < -0.39 is 11.0 Å². The maximum Gasteiger partial charge on any atom is 0.0979 e. The molecule has 1 N–H and O–H groups in total. The van der Waals surface area contributed by atoms with Crippen molar-refractivity contribution in [2.24, 2.45) is 5.92 Å². The van der Waals surface area contributed by atoms with Crippen LogP contribution in [0.1, 0.15) is 13.8 Å². The summed E-state index contributed by atoms with van der Waals surface area (Å²) in [5.41, 5.74) is 0. The van der Waals surface area contributed by atoms with Gasteiger partial charge in [-0.3, -0.25) is 0 Å². The third-order valence-corrected chi connectivity index (χ3v) is 3.37. The van der Waals surface area contributed by atoms with Crippen LogP contribution >= 0.6 is 11.6 Å². The third-order valence-electron chi connectivity index (χ3n) is 2.93. The molecule has 0 aromatic rings. The molecule has 2 nitrogen and oxygen atoms in total. The third kappa shape index (κ3) is 0.951. The molecule has 1 unspecified atom stereocenters. The van der Waals surface area contributed by atoms with Crippen molar-refractivity contribution in [1.29, 1.82) is 0 Å². The molecule has 2 heterocycles. The number of rotatable bonds is 0. The molecule has 1 saturated heterocycles. The van der Waals surface area contributed by atoms with Crippen molar-refractivity contribution in [3.8, 4) is 0 Å². The van der Waals surface area contributed by atoms with Crippen molar-refractivity contribution >= 4 is 11.6 Å². The summed E-state index contributed by atoms with van der Waals surface area (Å²) < 4.78 is 5.59. The number of aliphatic hydroxyl groups is 1. The Balaban J connectivity index is 2.32. The average molecular weight is 189 g/mol. The van der Waals surface area contributed by atoms with Gasteiger partial charge in [0.25, 0.3) is 0 Å². The van der Waals surface area contributed by atoms with E-state index >= 15 is 0 Å². The predicted octanol–water partition coefficient (Wildman–Crippen LogP) is 1.32.